The molecule has 2 amide bonds. The molecule has 4 rings (SSSR count). The summed E-state index contributed by atoms with van der Waals surface area (Å²) in [6.07, 6.45) is -0.440. The van der Waals surface area contributed by atoms with Gasteiger partial charge in [-0.25, -0.2) is 8.78 Å². The number of benzene rings is 1. The molecule has 2 N–H and O–H groups in total. The third-order valence-electron chi connectivity index (χ3n) is 5.68. The van der Waals surface area contributed by atoms with Crippen molar-refractivity contribution in [2.75, 3.05) is 6.54 Å². The summed E-state index contributed by atoms with van der Waals surface area (Å²) in [7, 11) is 0. The van der Waals surface area contributed by atoms with Gasteiger partial charge in [0.25, 0.3) is 5.91 Å². The highest BCUT2D eigenvalue weighted by Crippen LogP contribution is 2.44. The lowest BCUT2D eigenvalue weighted by Crippen LogP contribution is -2.44. The monoisotopic (exact) mass is 456 g/mol. The molecule has 0 radical (unpaired) electrons. The lowest BCUT2D eigenvalue weighted by atomic mass is 9.79. The van der Waals surface area contributed by atoms with Gasteiger partial charge < -0.3 is 10.6 Å². The van der Waals surface area contributed by atoms with Gasteiger partial charge in [-0.15, -0.1) is 0 Å². The molecule has 0 unspecified atom stereocenters. The van der Waals surface area contributed by atoms with E-state index in [1.165, 1.54) is 0 Å². The fourth-order valence-corrected chi connectivity index (χ4v) is 4.52. The lowest BCUT2D eigenvalue weighted by molar-refractivity contribution is -0.143. The van der Waals surface area contributed by atoms with Gasteiger partial charge in [-0.05, 0) is 25.0 Å². The first kappa shape index (κ1) is 21.1. The van der Waals surface area contributed by atoms with Gasteiger partial charge in [0.05, 0.1) is 33.9 Å². The Balaban J connectivity index is 1.64. The number of carbonyl (C=O) groups excluding carboxylic acids is 2. The van der Waals surface area contributed by atoms with Gasteiger partial charge in [-0.2, -0.15) is 5.10 Å². The lowest BCUT2D eigenvalue weighted by Gasteiger charge is -2.37. The molecule has 2 aromatic rings. The van der Waals surface area contributed by atoms with Crippen LogP contribution in [0.15, 0.2) is 18.2 Å². The maximum Gasteiger partial charge on any atom is 0.252 e. The van der Waals surface area contributed by atoms with E-state index < -0.39 is 11.8 Å². The Morgan fingerprint density at radius 3 is 2.57 bits per heavy atom. The molecule has 1 saturated carbocycles. The van der Waals surface area contributed by atoms with Crippen molar-refractivity contribution in [3.63, 3.8) is 0 Å². The van der Waals surface area contributed by atoms with Crippen LogP contribution in [-0.4, -0.2) is 39.0 Å². The van der Waals surface area contributed by atoms with Gasteiger partial charge in [-0.3, -0.25) is 14.3 Å². The fourth-order valence-electron chi connectivity index (χ4n) is 4.23. The minimum atomic E-state index is -2.66. The number of aromatic nitrogens is 2. The summed E-state index contributed by atoms with van der Waals surface area (Å²) in [4.78, 5) is 26.6. The second-order valence-corrected chi connectivity index (χ2v) is 8.88. The topological polar surface area (TPSA) is 81.2 Å². The van der Waals surface area contributed by atoms with Crippen molar-refractivity contribution in [2.24, 2.45) is 11.7 Å². The standard InChI is InChI=1S/C20H20Cl2F2N4O2/c1-10-8-27(16(29)4-11-6-20(23,24)7-11)9-15-17(19(25)30)18(26-28(10)15)12-2-3-13(21)14(22)5-12/h2-3,5,10-11H,4,6-9H2,1H3,(H2,25,30)/t10-/m0/s1. The number of primary amides is 1. The normalized spacial score (nSPS) is 20.6. The number of rotatable bonds is 4. The SMILES string of the molecule is C[C@H]1CN(C(=O)CC2CC(F)(F)C2)Cc2c(C(N)=O)c(-c3ccc(Cl)c(Cl)c3)nn21. The van der Waals surface area contributed by atoms with Crippen LogP contribution >= 0.6 is 23.2 Å². The van der Waals surface area contributed by atoms with Crippen molar-refractivity contribution in [1.82, 2.24) is 14.7 Å². The average molecular weight is 457 g/mol. The maximum absolute atomic E-state index is 13.1. The predicted molar refractivity (Wildman–Crippen MR) is 109 cm³/mol. The van der Waals surface area contributed by atoms with E-state index in [0.717, 1.165) is 0 Å². The molecule has 1 aromatic carbocycles. The molecule has 10 heteroatoms. The number of nitrogens with zero attached hydrogens (tertiary/aromatic N) is 3. The molecule has 2 heterocycles. The van der Waals surface area contributed by atoms with Crippen molar-refractivity contribution in [1.29, 1.82) is 0 Å². The zero-order valence-corrected chi connectivity index (χ0v) is 17.7. The highest BCUT2D eigenvalue weighted by atomic mass is 35.5. The van der Waals surface area contributed by atoms with E-state index in [4.69, 9.17) is 28.9 Å². The Kier molecular flexibility index (Phi) is 5.26. The van der Waals surface area contributed by atoms with Crippen molar-refractivity contribution < 1.29 is 18.4 Å². The predicted octanol–water partition coefficient (Wildman–Crippen LogP) is 4.29. The number of hydrogen-bond donors (Lipinski definition) is 1. The molecule has 0 spiro atoms. The molecule has 6 nitrogen and oxygen atoms in total. The Bertz CT molecular complexity index is 1030. The summed E-state index contributed by atoms with van der Waals surface area (Å²) in [6, 6.07) is 4.69. The Morgan fingerprint density at radius 1 is 1.27 bits per heavy atom. The highest BCUT2D eigenvalue weighted by Gasteiger charge is 2.46. The van der Waals surface area contributed by atoms with Gasteiger partial charge in [0.1, 0.15) is 5.69 Å². The molecule has 1 aliphatic heterocycles. The van der Waals surface area contributed by atoms with E-state index in [0.29, 0.717) is 33.5 Å². The molecule has 2 aliphatic rings. The first-order valence-electron chi connectivity index (χ1n) is 9.58. The Morgan fingerprint density at radius 2 is 1.97 bits per heavy atom. The summed E-state index contributed by atoms with van der Waals surface area (Å²) >= 11 is 12.1. The quantitative estimate of drug-likeness (QED) is 0.744. The first-order valence-corrected chi connectivity index (χ1v) is 10.3. The van der Waals surface area contributed by atoms with Crippen molar-refractivity contribution in [2.45, 2.75) is 44.7 Å². The summed E-state index contributed by atoms with van der Waals surface area (Å²) in [5.41, 5.74) is 7.35. The molecular weight excluding hydrogens is 437 g/mol. The van der Waals surface area contributed by atoms with E-state index in [-0.39, 0.29) is 49.2 Å². The summed E-state index contributed by atoms with van der Waals surface area (Å²) in [6.45, 7) is 2.38. The number of fused-ring (bicyclic) bond motifs is 1. The number of hydrogen-bond acceptors (Lipinski definition) is 3. The minimum Gasteiger partial charge on any atom is -0.365 e. The molecule has 30 heavy (non-hydrogen) atoms. The maximum atomic E-state index is 13.1. The van der Waals surface area contributed by atoms with Gasteiger partial charge in [0, 0.05) is 31.4 Å². The van der Waals surface area contributed by atoms with Crippen LogP contribution in [0.3, 0.4) is 0 Å². The van der Waals surface area contributed by atoms with Gasteiger partial charge in [-0.1, -0.05) is 29.3 Å². The number of alkyl halides is 2. The minimum absolute atomic E-state index is 0.0714. The first-order chi connectivity index (χ1) is 14.1. The fraction of sp³-hybridized carbons (Fsp3) is 0.450. The number of carbonyl (C=O) groups is 2. The molecule has 0 bridgehead atoms. The van der Waals surface area contributed by atoms with Crippen LogP contribution in [0.2, 0.25) is 10.0 Å². The summed E-state index contributed by atoms with van der Waals surface area (Å²) < 4.78 is 27.9. The van der Waals surface area contributed by atoms with E-state index >= 15 is 0 Å². The van der Waals surface area contributed by atoms with Crippen LogP contribution in [0.1, 0.15) is 48.3 Å². The van der Waals surface area contributed by atoms with E-state index in [1.807, 2.05) is 6.92 Å². The van der Waals surface area contributed by atoms with E-state index in [2.05, 4.69) is 5.10 Å². The molecule has 0 saturated heterocycles. The largest absolute Gasteiger partial charge is 0.365 e. The van der Waals surface area contributed by atoms with Crippen LogP contribution < -0.4 is 5.73 Å². The molecule has 1 aromatic heterocycles. The van der Waals surface area contributed by atoms with E-state index in [1.54, 1.807) is 27.8 Å². The van der Waals surface area contributed by atoms with Crippen LogP contribution in [0.25, 0.3) is 11.3 Å². The van der Waals surface area contributed by atoms with Crippen molar-refractivity contribution in [3.05, 3.63) is 39.5 Å². The number of amides is 2. The summed E-state index contributed by atoms with van der Waals surface area (Å²) in [5.74, 6) is -3.84. The zero-order valence-electron chi connectivity index (χ0n) is 16.2. The smallest absolute Gasteiger partial charge is 0.252 e. The van der Waals surface area contributed by atoms with Crippen LogP contribution in [-0.2, 0) is 11.3 Å². The Labute approximate surface area is 181 Å². The Hall–Kier alpha value is -2.19. The average Bonchev–Trinajstić information content (AvgIpc) is 3.02. The molecule has 1 fully saturated rings. The third kappa shape index (κ3) is 3.78. The highest BCUT2D eigenvalue weighted by molar-refractivity contribution is 6.42. The van der Waals surface area contributed by atoms with Crippen molar-refractivity contribution >= 4 is 35.0 Å². The molecule has 160 valence electrons. The molecular formula is C20H20Cl2F2N4O2. The van der Waals surface area contributed by atoms with Crippen LogP contribution in [0.4, 0.5) is 8.78 Å². The van der Waals surface area contributed by atoms with E-state index in [9.17, 15) is 18.4 Å². The van der Waals surface area contributed by atoms with Crippen LogP contribution in [0, 0.1) is 5.92 Å². The molecule has 1 atom stereocenters. The van der Waals surface area contributed by atoms with Gasteiger partial charge in [0.2, 0.25) is 11.8 Å². The molecule has 1 aliphatic carbocycles. The van der Waals surface area contributed by atoms with Crippen molar-refractivity contribution in [3.8, 4) is 11.3 Å². The van der Waals surface area contributed by atoms with Gasteiger partial charge in [0.15, 0.2) is 0 Å². The second kappa shape index (κ2) is 7.50. The zero-order chi connectivity index (χ0) is 21.8. The van der Waals surface area contributed by atoms with Crippen LogP contribution in [0.5, 0.6) is 0 Å². The third-order valence-corrected chi connectivity index (χ3v) is 6.42. The summed E-state index contributed by atoms with van der Waals surface area (Å²) in [5, 5.41) is 5.26. The second-order valence-electron chi connectivity index (χ2n) is 8.07. The van der Waals surface area contributed by atoms with Gasteiger partial charge >= 0.3 is 0 Å². The number of nitrogens with two attached hydrogens (primary N) is 1. The number of halogens is 4.